The molecular weight excluding hydrogens is 284 g/mol. The van der Waals surface area contributed by atoms with Gasteiger partial charge in [0.25, 0.3) is 0 Å². The Morgan fingerprint density at radius 3 is 2.62 bits per heavy atom. The van der Waals surface area contributed by atoms with E-state index in [9.17, 15) is 0 Å². The third kappa shape index (κ3) is 3.17. The minimum atomic E-state index is 0.287. The van der Waals surface area contributed by atoms with Crippen LogP contribution >= 0.6 is 11.3 Å². The summed E-state index contributed by atoms with van der Waals surface area (Å²) in [4.78, 5) is 5.74. The van der Waals surface area contributed by atoms with Gasteiger partial charge in [0.15, 0.2) is 0 Å². The topological polar surface area (TPSA) is 55.1 Å². The molecule has 21 heavy (non-hydrogen) atoms. The Bertz CT molecular complexity index is 671. The van der Waals surface area contributed by atoms with Crippen LogP contribution in [0.5, 0.6) is 11.5 Å². The van der Waals surface area contributed by atoms with Crippen LogP contribution in [0.25, 0.3) is 10.6 Å². The van der Waals surface area contributed by atoms with Crippen molar-refractivity contribution in [1.82, 2.24) is 4.98 Å². The largest absolute Gasteiger partial charge is 0.497 e. The van der Waals surface area contributed by atoms with Crippen LogP contribution in [0.3, 0.4) is 0 Å². The lowest BCUT2D eigenvalue weighted by atomic mass is 10.1. The molecule has 0 aliphatic rings. The Kier molecular flexibility index (Phi) is 4.81. The standard InChI is InChI=1S/C16H18N2O2S/c1-10(2)15-14(7-8-17)21-16(18-15)12-9-11(19-3)5-6-13(12)20-4/h5-6,9-10H,7H2,1-4H3. The highest BCUT2D eigenvalue weighted by atomic mass is 32.1. The summed E-state index contributed by atoms with van der Waals surface area (Å²) in [6.45, 7) is 4.17. The fourth-order valence-corrected chi connectivity index (χ4v) is 3.28. The zero-order valence-corrected chi connectivity index (χ0v) is 13.5. The second kappa shape index (κ2) is 6.59. The predicted octanol–water partition coefficient (Wildman–Crippen LogP) is 4.02. The fraction of sp³-hybridized carbons (Fsp3) is 0.375. The van der Waals surface area contributed by atoms with Gasteiger partial charge in [-0.15, -0.1) is 11.3 Å². The van der Waals surface area contributed by atoms with Crippen LogP contribution < -0.4 is 9.47 Å². The van der Waals surface area contributed by atoms with E-state index in [0.29, 0.717) is 6.42 Å². The van der Waals surface area contributed by atoms with Crippen LogP contribution in [-0.4, -0.2) is 19.2 Å². The SMILES string of the molecule is COc1ccc(OC)c(-c2nc(C(C)C)c(CC#N)s2)c1. The van der Waals surface area contributed by atoms with Gasteiger partial charge in [0.1, 0.15) is 16.5 Å². The Morgan fingerprint density at radius 2 is 2.05 bits per heavy atom. The smallest absolute Gasteiger partial charge is 0.129 e. The first-order valence-corrected chi connectivity index (χ1v) is 7.51. The summed E-state index contributed by atoms with van der Waals surface area (Å²) in [6.07, 6.45) is 0.386. The average molecular weight is 302 g/mol. The van der Waals surface area contributed by atoms with E-state index in [0.717, 1.165) is 32.6 Å². The van der Waals surface area contributed by atoms with Crippen LogP contribution in [0.1, 0.15) is 30.3 Å². The Balaban J connectivity index is 2.56. The Labute approximate surface area is 129 Å². The van der Waals surface area contributed by atoms with Crippen molar-refractivity contribution in [2.75, 3.05) is 14.2 Å². The number of thiazole rings is 1. The summed E-state index contributed by atoms with van der Waals surface area (Å²) >= 11 is 1.55. The lowest BCUT2D eigenvalue weighted by molar-refractivity contribution is 0.404. The summed E-state index contributed by atoms with van der Waals surface area (Å²) < 4.78 is 10.7. The Morgan fingerprint density at radius 1 is 1.29 bits per heavy atom. The van der Waals surface area contributed by atoms with Crippen molar-refractivity contribution in [2.45, 2.75) is 26.2 Å². The van der Waals surface area contributed by atoms with Crippen molar-refractivity contribution in [2.24, 2.45) is 0 Å². The van der Waals surface area contributed by atoms with Crippen LogP contribution in [0.2, 0.25) is 0 Å². The van der Waals surface area contributed by atoms with Crippen LogP contribution in [0, 0.1) is 11.3 Å². The van der Waals surface area contributed by atoms with Gasteiger partial charge in [-0.3, -0.25) is 0 Å². The zero-order chi connectivity index (χ0) is 15.4. The lowest BCUT2D eigenvalue weighted by Gasteiger charge is -2.08. The fourth-order valence-electron chi connectivity index (χ4n) is 2.11. The van der Waals surface area contributed by atoms with Gasteiger partial charge < -0.3 is 9.47 Å². The predicted molar refractivity (Wildman–Crippen MR) is 84.1 cm³/mol. The molecule has 0 spiro atoms. The van der Waals surface area contributed by atoms with Crippen molar-refractivity contribution in [1.29, 1.82) is 5.26 Å². The first kappa shape index (κ1) is 15.3. The summed E-state index contributed by atoms with van der Waals surface area (Å²) in [7, 11) is 3.27. The number of nitrogens with zero attached hydrogens (tertiary/aromatic N) is 2. The maximum atomic E-state index is 8.97. The van der Waals surface area contributed by atoms with E-state index in [2.05, 4.69) is 19.9 Å². The molecule has 4 nitrogen and oxygen atoms in total. The van der Waals surface area contributed by atoms with E-state index in [1.165, 1.54) is 0 Å². The molecule has 0 fully saturated rings. The molecule has 0 saturated carbocycles. The molecule has 0 radical (unpaired) electrons. The van der Waals surface area contributed by atoms with Gasteiger partial charge in [-0.05, 0) is 24.1 Å². The number of hydrogen-bond acceptors (Lipinski definition) is 5. The molecule has 0 aliphatic heterocycles. The molecule has 0 atom stereocenters. The molecule has 0 amide bonds. The summed E-state index contributed by atoms with van der Waals surface area (Å²) in [5.41, 5.74) is 1.88. The van der Waals surface area contributed by atoms with E-state index in [1.54, 1.807) is 25.6 Å². The van der Waals surface area contributed by atoms with Crippen molar-refractivity contribution in [3.63, 3.8) is 0 Å². The number of aromatic nitrogens is 1. The van der Waals surface area contributed by atoms with Gasteiger partial charge in [0, 0.05) is 4.88 Å². The minimum Gasteiger partial charge on any atom is -0.497 e. The molecule has 2 rings (SSSR count). The first-order valence-electron chi connectivity index (χ1n) is 6.69. The Hall–Kier alpha value is -2.06. The van der Waals surface area contributed by atoms with E-state index < -0.39 is 0 Å². The molecule has 0 unspecified atom stereocenters. The van der Waals surface area contributed by atoms with E-state index >= 15 is 0 Å². The summed E-state index contributed by atoms with van der Waals surface area (Å²) in [6, 6.07) is 7.85. The molecular formula is C16H18N2O2S. The zero-order valence-electron chi connectivity index (χ0n) is 12.6. The van der Waals surface area contributed by atoms with Crippen molar-refractivity contribution >= 4 is 11.3 Å². The lowest BCUT2D eigenvalue weighted by Crippen LogP contribution is -1.93. The molecule has 0 bridgehead atoms. The van der Waals surface area contributed by atoms with Gasteiger partial charge in [-0.2, -0.15) is 5.26 Å². The quantitative estimate of drug-likeness (QED) is 0.837. The van der Waals surface area contributed by atoms with Gasteiger partial charge in [-0.1, -0.05) is 13.8 Å². The third-order valence-electron chi connectivity index (χ3n) is 3.15. The molecule has 1 aromatic carbocycles. The van der Waals surface area contributed by atoms with Crippen LogP contribution in [-0.2, 0) is 6.42 Å². The highest BCUT2D eigenvalue weighted by molar-refractivity contribution is 7.15. The van der Waals surface area contributed by atoms with Gasteiger partial charge in [0.05, 0.1) is 38.0 Å². The molecule has 0 saturated heterocycles. The number of benzene rings is 1. The number of methoxy groups -OCH3 is 2. The van der Waals surface area contributed by atoms with E-state index in [4.69, 9.17) is 19.7 Å². The van der Waals surface area contributed by atoms with Gasteiger partial charge in [0.2, 0.25) is 0 Å². The monoisotopic (exact) mass is 302 g/mol. The highest BCUT2D eigenvalue weighted by Crippen LogP contribution is 2.38. The number of nitriles is 1. The van der Waals surface area contributed by atoms with Crippen LogP contribution in [0.15, 0.2) is 18.2 Å². The summed E-state index contributed by atoms with van der Waals surface area (Å²) in [5, 5.41) is 9.83. The van der Waals surface area contributed by atoms with Crippen molar-refractivity contribution in [3.05, 3.63) is 28.8 Å². The molecule has 1 heterocycles. The molecule has 2 aromatic rings. The van der Waals surface area contributed by atoms with Crippen molar-refractivity contribution < 1.29 is 9.47 Å². The van der Waals surface area contributed by atoms with E-state index in [1.807, 2.05) is 18.2 Å². The number of hydrogen-bond donors (Lipinski definition) is 0. The van der Waals surface area contributed by atoms with Gasteiger partial charge in [-0.25, -0.2) is 4.98 Å². The highest BCUT2D eigenvalue weighted by Gasteiger charge is 2.18. The molecule has 5 heteroatoms. The third-order valence-corrected chi connectivity index (χ3v) is 4.26. The summed E-state index contributed by atoms with van der Waals surface area (Å²) in [5.74, 6) is 1.80. The molecule has 110 valence electrons. The minimum absolute atomic E-state index is 0.287. The van der Waals surface area contributed by atoms with E-state index in [-0.39, 0.29) is 5.92 Å². The normalized spacial score (nSPS) is 10.5. The molecule has 0 aliphatic carbocycles. The number of ether oxygens (including phenoxy) is 2. The van der Waals surface area contributed by atoms with Crippen LogP contribution in [0.4, 0.5) is 0 Å². The second-order valence-corrected chi connectivity index (χ2v) is 5.97. The van der Waals surface area contributed by atoms with Gasteiger partial charge >= 0.3 is 0 Å². The second-order valence-electron chi connectivity index (χ2n) is 4.88. The van der Waals surface area contributed by atoms with Crippen molar-refractivity contribution in [3.8, 4) is 28.1 Å². The average Bonchev–Trinajstić information content (AvgIpc) is 2.91. The first-order chi connectivity index (χ1) is 10.1. The maximum Gasteiger partial charge on any atom is 0.129 e. The maximum absolute atomic E-state index is 8.97. The molecule has 1 aromatic heterocycles. The number of rotatable bonds is 5. The molecule has 0 N–H and O–H groups in total.